The first-order valence-electron chi connectivity index (χ1n) is 24.8. The molecule has 6 unspecified atom stereocenters. The van der Waals surface area contributed by atoms with Gasteiger partial charge in [0.05, 0.1) is 6.61 Å². The summed E-state index contributed by atoms with van der Waals surface area (Å²) >= 11 is 0. The minimum Gasteiger partial charge on any atom is -0.462 e. The van der Waals surface area contributed by atoms with Crippen molar-refractivity contribution in [1.29, 1.82) is 0 Å². The number of allylic oxidation sites excluding steroid dienone is 6. The Labute approximate surface area is 380 Å². The van der Waals surface area contributed by atoms with Crippen LogP contribution in [-0.2, 0) is 32.7 Å². The SMILES string of the molecule is CCCCC/C=C/C/C=C/CCCCCCCCCCCC(=O)OC[C@@H](COP(=O)(O)OC1C(O)C(O)C(O)[C@H](O)C1O)OC(=O)CCCC/C=C/CCCCCCCCCCC. The van der Waals surface area contributed by atoms with E-state index in [0.717, 1.165) is 57.8 Å². The fraction of sp³-hybridized carbons (Fsp3) is 0.837. The van der Waals surface area contributed by atoms with Gasteiger partial charge in [0, 0.05) is 12.8 Å². The highest BCUT2D eigenvalue weighted by Gasteiger charge is 2.51. The molecule has 0 radical (unpaired) electrons. The van der Waals surface area contributed by atoms with Gasteiger partial charge >= 0.3 is 19.8 Å². The van der Waals surface area contributed by atoms with Gasteiger partial charge in [0.1, 0.15) is 43.2 Å². The summed E-state index contributed by atoms with van der Waals surface area (Å²) in [5.74, 6) is -1.13. The molecule has 1 aliphatic rings. The van der Waals surface area contributed by atoms with Crippen LogP contribution < -0.4 is 0 Å². The molecule has 0 aromatic heterocycles. The molecular weight excluding hydrogens is 827 g/mol. The van der Waals surface area contributed by atoms with Gasteiger partial charge < -0.3 is 39.9 Å². The average molecular weight is 917 g/mol. The third-order valence-corrected chi connectivity index (χ3v) is 12.4. The Kier molecular flexibility index (Phi) is 36.8. The predicted octanol–water partition coefficient (Wildman–Crippen LogP) is 10.2. The number of phosphoric acid groups is 1. The van der Waals surface area contributed by atoms with E-state index in [1.54, 1.807) is 0 Å². The molecule has 0 spiro atoms. The Morgan fingerprint density at radius 2 is 0.857 bits per heavy atom. The van der Waals surface area contributed by atoms with Crippen LogP contribution in [-0.4, -0.2) is 98.3 Å². The van der Waals surface area contributed by atoms with Gasteiger partial charge in [-0.2, -0.15) is 0 Å². The van der Waals surface area contributed by atoms with Crippen molar-refractivity contribution in [2.24, 2.45) is 0 Å². The molecule has 0 bridgehead atoms. The van der Waals surface area contributed by atoms with E-state index in [1.165, 1.54) is 109 Å². The van der Waals surface area contributed by atoms with Gasteiger partial charge in [0.25, 0.3) is 0 Å². The number of aliphatic hydroxyl groups is 5. The number of hydrogen-bond donors (Lipinski definition) is 6. The van der Waals surface area contributed by atoms with Crippen LogP contribution in [0.2, 0.25) is 0 Å². The summed E-state index contributed by atoms with van der Waals surface area (Å²) in [6.45, 7) is 3.27. The van der Waals surface area contributed by atoms with Crippen molar-refractivity contribution in [3.63, 3.8) is 0 Å². The average Bonchev–Trinajstić information content (AvgIpc) is 3.26. The van der Waals surface area contributed by atoms with Crippen molar-refractivity contribution < 1.29 is 63.1 Å². The number of unbranched alkanes of at least 4 members (excludes halogenated alkanes) is 23. The van der Waals surface area contributed by atoms with Crippen LogP contribution in [0.4, 0.5) is 0 Å². The van der Waals surface area contributed by atoms with Crippen LogP contribution in [0.5, 0.6) is 0 Å². The molecule has 1 fully saturated rings. The standard InChI is InChI=1S/C49H89O13P/c1-3-5-7-9-11-13-15-17-19-20-21-22-24-25-27-29-31-33-35-37-42(50)59-39-41(40-60-63(57,58)62-49-47(55)45(53)44(52)46(54)48(49)56)61-43(51)38-36-34-32-30-28-26-23-18-16-14-12-10-8-6-4-2/h11,13,17,19,28,30,41,44-49,52-56H,3-10,12,14-16,18,20-27,29,31-40H2,1-2H3,(H,57,58)/b13-11+,19-17+,30-28+/t41-,44?,45-,46?,47?,48?,49?/m0/s1. The summed E-state index contributed by atoms with van der Waals surface area (Å²) in [4.78, 5) is 35.8. The Hall–Kier alpha value is -1.93. The Bertz CT molecular complexity index is 1240. The molecule has 1 rings (SSSR count). The Morgan fingerprint density at radius 3 is 1.37 bits per heavy atom. The molecule has 0 aromatic rings. The monoisotopic (exact) mass is 917 g/mol. The van der Waals surface area contributed by atoms with E-state index in [-0.39, 0.29) is 12.8 Å². The van der Waals surface area contributed by atoms with Gasteiger partial charge in [0.2, 0.25) is 0 Å². The lowest BCUT2D eigenvalue weighted by atomic mass is 9.85. The molecule has 0 aliphatic heterocycles. The molecule has 63 heavy (non-hydrogen) atoms. The first kappa shape index (κ1) is 59.1. The maximum absolute atomic E-state index is 12.8. The Morgan fingerprint density at radius 1 is 0.492 bits per heavy atom. The molecule has 0 amide bonds. The van der Waals surface area contributed by atoms with E-state index in [9.17, 15) is 44.6 Å². The molecule has 13 nitrogen and oxygen atoms in total. The van der Waals surface area contributed by atoms with Crippen LogP contribution in [0, 0.1) is 0 Å². The minimum absolute atomic E-state index is 0.0666. The second kappa shape index (κ2) is 39.3. The second-order valence-electron chi connectivity index (χ2n) is 17.3. The molecular formula is C49H89O13P. The molecule has 368 valence electrons. The lowest BCUT2D eigenvalue weighted by Gasteiger charge is -2.41. The fourth-order valence-electron chi connectivity index (χ4n) is 7.43. The summed E-state index contributed by atoms with van der Waals surface area (Å²) < 4.78 is 33.6. The molecule has 0 aromatic carbocycles. The molecule has 14 heteroatoms. The van der Waals surface area contributed by atoms with Gasteiger partial charge in [-0.05, 0) is 70.6 Å². The van der Waals surface area contributed by atoms with E-state index >= 15 is 0 Å². The van der Waals surface area contributed by atoms with Crippen molar-refractivity contribution in [2.45, 2.75) is 249 Å². The summed E-state index contributed by atoms with van der Waals surface area (Å²) in [6.07, 6.45) is 31.9. The smallest absolute Gasteiger partial charge is 0.462 e. The topological polar surface area (TPSA) is 210 Å². The first-order chi connectivity index (χ1) is 30.4. The largest absolute Gasteiger partial charge is 0.472 e. The van der Waals surface area contributed by atoms with Gasteiger partial charge in [-0.1, -0.05) is 159 Å². The Balaban J connectivity index is 2.42. The van der Waals surface area contributed by atoms with Gasteiger partial charge in [-0.15, -0.1) is 0 Å². The van der Waals surface area contributed by atoms with Crippen LogP contribution >= 0.6 is 7.82 Å². The fourth-order valence-corrected chi connectivity index (χ4v) is 8.40. The number of esters is 2. The summed E-state index contributed by atoms with van der Waals surface area (Å²) in [5.41, 5.74) is 0. The van der Waals surface area contributed by atoms with Gasteiger partial charge in [0.15, 0.2) is 6.10 Å². The highest BCUT2D eigenvalue weighted by molar-refractivity contribution is 7.47. The summed E-state index contributed by atoms with van der Waals surface area (Å²) in [7, 11) is -5.12. The maximum Gasteiger partial charge on any atom is 0.472 e. The van der Waals surface area contributed by atoms with E-state index < -0.39 is 75.7 Å². The van der Waals surface area contributed by atoms with Crippen molar-refractivity contribution in [2.75, 3.05) is 13.2 Å². The van der Waals surface area contributed by atoms with Gasteiger partial charge in [-0.3, -0.25) is 18.6 Å². The normalized spacial score (nSPS) is 22.0. The number of phosphoric ester groups is 1. The number of carbonyl (C=O) groups is 2. The number of hydrogen-bond acceptors (Lipinski definition) is 12. The van der Waals surface area contributed by atoms with Crippen LogP contribution in [0.1, 0.15) is 206 Å². The number of carbonyl (C=O) groups excluding carboxylic acids is 2. The van der Waals surface area contributed by atoms with Crippen LogP contribution in [0.3, 0.4) is 0 Å². The highest BCUT2D eigenvalue weighted by Crippen LogP contribution is 2.47. The third kappa shape index (κ3) is 31.6. The van der Waals surface area contributed by atoms with Crippen molar-refractivity contribution in [1.82, 2.24) is 0 Å². The van der Waals surface area contributed by atoms with E-state index in [4.69, 9.17) is 18.5 Å². The van der Waals surface area contributed by atoms with E-state index in [1.807, 2.05) is 0 Å². The molecule has 1 saturated carbocycles. The highest BCUT2D eigenvalue weighted by atomic mass is 31.2. The van der Waals surface area contributed by atoms with Crippen LogP contribution in [0.25, 0.3) is 0 Å². The van der Waals surface area contributed by atoms with Gasteiger partial charge in [-0.25, -0.2) is 4.57 Å². The summed E-state index contributed by atoms with van der Waals surface area (Å²) in [5, 5.41) is 50.2. The molecule has 1 aliphatic carbocycles. The zero-order valence-electron chi connectivity index (χ0n) is 39.1. The lowest BCUT2D eigenvalue weighted by molar-refractivity contribution is -0.220. The zero-order valence-corrected chi connectivity index (χ0v) is 40.0. The lowest BCUT2D eigenvalue weighted by Crippen LogP contribution is -2.64. The van der Waals surface area contributed by atoms with Crippen molar-refractivity contribution in [3.05, 3.63) is 36.5 Å². The quantitative estimate of drug-likeness (QED) is 0.0146. The predicted molar refractivity (Wildman–Crippen MR) is 249 cm³/mol. The van der Waals surface area contributed by atoms with Crippen LogP contribution in [0.15, 0.2) is 36.5 Å². The number of rotatable bonds is 41. The third-order valence-electron chi connectivity index (χ3n) is 11.5. The zero-order chi connectivity index (χ0) is 46.4. The number of ether oxygens (including phenoxy) is 2. The molecule has 0 heterocycles. The molecule has 8 atom stereocenters. The molecule has 6 N–H and O–H groups in total. The van der Waals surface area contributed by atoms with E-state index in [0.29, 0.717) is 12.8 Å². The van der Waals surface area contributed by atoms with E-state index in [2.05, 4.69) is 50.3 Å². The second-order valence-corrected chi connectivity index (χ2v) is 18.7. The van der Waals surface area contributed by atoms with Crippen molar-refractivity contribution in [3.8, 4) is 0 Å². The summed E-state index contributed by atoms with van der Waals surface area (Å²) in [6, 6.07) is 0. The first-order valence-corrected chi connectivity index (χ1v) is 26.3. The number of aliphatic hydroxyl groups excluding tert-OH is 5. The maximum atomic E-state index is 12.8. The van der Waals surface area contributed by atoms with Crippen molar-refractivity contribution >= 4 is 19.8 Å². The minimum atomic E-state index is -5.12. The molecule has 0 saturated heterocycles.